The first-order valence-corrected chi connectivity index (χ1v) is 10.6. The third-order valence-electron chi connectivity index (χ3n) is 7.16. The minimum Gasteiger partial charge on any atom is -0.360 e. The maximum atomic E-state index is 13.2. The van der Waals surface area contributed by atoms with Crippen LogP contribution in [0.5, 0.6) is 0 Å². The number of rotatable bonds is 2. The number of carbonyl (C=O) groups excluding carboxylic acids is 1. The van der Waals surface area contributed by atoms with Crippen LogP contribution >= 0.6 is 0 Å². The number of anilines is 2. The summed E-state index contributed by atoms with van der Waals surface area (Å²) in [7, 11) is 0. The van der Waals surface area contributed by atoms with Crippen LogP contribution in [0.2, 0.25) is 0 Å². The van der Waals surface area contributed by atoms with Crippen molar-refractivity contribution < 1.29 is 4.79 Å². The number of nitrogens with zero attached hydrogens (tertiary/aromatic N) is 1. The van der Waals surface area contributed by atoms with E-state index in [0.717, 1.165) is 11.4 Å². The van der Waals surface area contributed by atoms with Gasteiger partial charge < -0.3 is 5.32 Å². The van der Waals surface area contributed by atoms with E-state index in [9.17, 15) is 4.79 Å². The fourth-order valence-electron chi connectivity index (χ4n) is 5.48. The number of hydrazine groups is 1. The lowest BCUT2D eigenvalue weighted by Gasteiger charge is -2.42. The first kappa shape index (κ1) is 18.0. The molecule has 4 heteroatoms. The van der Waals surface area contributed by atoms with Crippen LogP contribution in [0.3, 0.4) is 0 Å². The van der Waals surface area contributed by atoms with E-state index in [-0.39, 0.29) is 11.3 Å². The Labute approximate surface area is 181 Å². The Morgan fingerprint density at radius 3 is 2.39 bits per heavy atom. The molecule has 0 aromatic heterocycles. The molecule has 0 aliphatic carbocycles. The molecule has 1 amide bonds. The van der Waals surface area contributed by atoms with Gasteiger partial charge in [0.2, 0.25) is 0 Å². The number of hydrogen-bond acceptors (Lipinski definition) is 3. The second kappa shape index (κ2) is 6.11. The van der Waals surface area contributed by atoms with Gasteiger partial charge in [-0.2, -0.15) is 0 Å². The van der Waals surface area contributed by atoms with Crippen LogP contribution in [-0.2, 0) is 5.41 Å². The molecule has 4 aromatic carbocycles. The zero-order valence-corrected chi connectivity index (χ0v) is 17.5. The van der Waals surface area contributed by atoms with E-state index in [0.29, 0.717) is 5.56 Å². The molecule has 0 fully saturated rings. The summed E-state index contributed by atoms with van der Waals surface area (Å²) in [5, 5.41) is 8.19. The van der Waals surface area contributed by atoms with Gasteiger partial charge in [-0.1, -0.05) is 66.7 Å². The van der Waals surface area contributed by atoms with Crippen molar-refractivity contribution in [3.63, 3.8) is 0 Å². The van der Waals surface area contributed by atoms with E-state index in [1.165, 1.54) is 21.9 Å². The van der Waals surface area contributed by atoms with Crippen LogP contribution in [0.4, 0.5) is 11.4 Å². The summed E-state index contributed by atoms with van der Waals surface area (Å²) in [6.45, 7) is 4.46. The smallest absolute Gasteiger partial charge is 0.269 e. The van der Waals surface area contributed by atoms with Gasteiger partial charge in [-0.05, 0) is 60.0 Å². The highest BCUT2D eigenvalue weighted by Crippen LogP contribution is 2.61. The first-order chi connectivity index (χ1) is 15.0. The van der Waals surface area contributed by atoms with Crippen molar-refractivity contribution >= 4 is 28.1 Å². The highest BCUT2D eigenvalue weighted by molar-refractivity contribution is 6.00. The Hall–Kier alpha value is -3.79. The average molecular weight is 406 g/mol. The molecule has 0 bridgehead atoms. The Balaban J connectivity index is 1.60. The second-order valence-electron chi connectivity index (χ2n) is 8.69. The molecule has 0 saturated carbocycles. The molecule has 2 aliphatic rings. The average Bonchev–Trinajstić information content (AvgIpc) is 3.15. The molecule has 152 valence electrons. The van der Waals surface area contributed by atoms with E-state index in [1.807, 2.05) is 35.3 Å². The maximum Gasteiger partial charge on any atom is 0.269 e. The van der Waals surface area contributed by atoms with Gasteiger partial charge in [-0.15, -0.1) is 0 Å². The molecule has 2 atom stereocenters. The summed E-state index contributed by atoms with van der Waals surface area (Å²) in [6.07, 6.45) is 0. The van der Waals surface area contributed by atoms with Gasteiger partial charge in [0, 0.05) is 11.3 Å². The fourth-order valence-corrected chi connectivity index (χ4v) is 5.48. The van der Waals surface area contributed by atoms with E-state index in [4.69, 9.17) is 0 Å². The minimum atomic E-state index is -0.562. The zero-order valence-electron chi connectivity index (χ0n) is 17.5. The third-order valence-corrected chi connectivity index (χ3v) is 7.16. The number of fused-ring (bicyclic) bond motifs is 7. The van der Waals surface area contributed by atoms with Crippen molar-refractivity contribution in [3.05, 3.63) is 108 Å². The summed E-state index contributed by atoms with van der Waals surface area (Å²) < 4.78 is 0. The van der Waals surface area contributed by atoms with Crippen molar-refractivity contribution in [1.82, 2.24) is 5.43 Å². The molecule has 2 heterocycles. The van der Waals surface area contributed by atoms with Crippen LogP contribution < -0.4 is 15.8 Å². The molecule has 0 radical (unpaired) electrons. The van der Waals surface area contributed by atoms with Gasteiger partial charge in [0.15, 0.2) is 0 Å². The Morgan fingerprint density at radius 2 is 1.55 bits per heavy atom. The Bertz CT molecular complexity index is 1350. The second-order valence-corrected chi connectivity index (χ2v) is 8.69. The van der Waals surface area contributed by atoms with Crippen molar-refractivity contribution in [2.24, 2.45) is 0 Å². The van der Waals surface area contributed by atoms with Crippen molar-refractivity contribution in [2.45, 2.75) is 24.9 Å². The molecule has 0 saturated heterocycles. The van der Waals surface area contributed by atoms with E-state index in [1.54, 1.807) is 0 Å². The van der Waals surface area contributed by atoms with Crippen LogP contribution in [0, 0.1) is 0 Å². The molecule has 0 spiro atoms. The number of amides is 1. The van der Waals surface area contributed by atoms with Crippen molar-refractivity contribution in [1.29, 1.82) is 0 Å². The van der Waals surface area contributed by atoms with Crippen LogP contribution in [0.15, 0.2) is 91.0 Å². The van der Waals surface area contributed by atoms with Crippen molar-refractivity contribution in [2.75, 3.05) is 10.3 Å². The molecule has 4 nitrogen and oxygen atoms in total. The molecule has 2 N–H and O–H groups in total. The lowest BCUT2D eigenvalue weighted by atomic mass is 9.71. The predicted octanol–water partition coefficient (Wildman–Crippen LogP) is 5.45. The standard InChI is InChI=1S/C27H23N3O/c1-26-21-14-8-9-15-22(21)28-27(26,2)30(29-25(31)19-11-4-3-5-12-19)23-17-16-18-10-6-7-13-20(18)24(23)26/h3-17,28H,1-2H3,(H,29,31)/t26-,27+/m0/s1. The largest absolute Gasteiger partial charge is 0.360 e. The number of carbonyl (C=O) groups is 1. The van der Waals surface area contributed by atoms with E-state index in [2.05, 4.69) is 85.3 Å². The van der Waals surface area contributed by atoms with Gasteiger partial charge >= 0.3 is 0 Å². The maximum absolute atomic E-state index is 13.2. The summed E-state index contributed by atoms with van der Waals surface area (Å²) in [5.41, 5.74) is 7.54. The lowest BCUT2D eigenvalue weighted by Crippen LogP contribution is -2.62. The summed E-state index contributed by atoms with van der Waals surface area (Å²) in [5.74, 6) is -0.122. The SMILES string of the molecule is C[C@@]12c3ccccc3N[C@]1(C)N(NC(=O)c1ccccc1)c1ccc3ccccc3c12. The molecule has 2 aliphatic heterocycles. The first-order valence-electron chi connectivity index (χ1n) is 10.6. The van der Waals surface area contributed by atoms with Gasteiger partial charge in [0.05, 0.1) is 11.1 Å². The molecule has 0 unspecified atom stereocenters. The lowest BCUT2D eigenvalue weighted by molar-refractivity contribution is 0.0936. The van der Waals surface area contributed by atoms with Crippen LogP contribution in [0.25, 0.3) is 10.8 Å². The highest BCUT2D eigenvalue weighted by Gasteiger charge is 2.63. The van der Waals surface area contributed by atoms with E-state index < -0.39 is 5.66 Å². The Morgan fingerprint density at radius 1 is 0.839 bits per heavy atom. The third kappa shape index (κ3) is 2.22. The van der Waals surface area contributed by atoms with Crippen LogP contribution in [0.1, 0.15) is 35.3 Å². The Kier molecular flexibility index (Phi) is 3.55. The monoisotopic (exact) mass is 405 g/mol. The molecule has 31 heavy (non-hydrogen) atoms. The molecule has 6 rings (SSSR count). The zero-order chi connectivity index (χ0) is 21.2. The fraction of sp³-hybridized carbons (Fsp3) is 0.148. The highest BCUT2D eigenvalue weighted by atomic mass is 16.2. The van der Waals surface area contributed by atoms with Crippen LogP contribution in [-0.4, -0.2) is 11.6 Å². The van der Waals surface area contributed by atoms with E-state index >= 15 is 0 Å². The summed E-state index contributed by atoms with van der Waals surface area (Å²) in [4.78, 5) is 13.2. The number of benzene rings is 4. The van der Waals surface area contributed by atoms with Crippen molar-refractivity contribution in [3.8, 4) is 0 Å². The number of para-hydroxylation sites is 1. The van der Waals surface area contributed by atoms with Gasteiger partial charge in [0.25, 0.3) is 5.91 Å². The summed E-state index contributed by atoms with van der Waals surface area (Å²) >= 11 is 0. The summed E-state index contributed by atoms with van der Waals surface area (Å²) in [6, 6.07) is 30.6. The quantitative estimate of drug-likeness (QED) is 0.466. The van der Waals surface area contributed by atoms with Gasteiger partial charge in [-0.3, -0.25) is 15.2 Å². The normalized spacial score (nSPS) is 23.1. The minimum absolute atomic E-state index is 0.122. The molecular weight excluding hydrogens is 382 g/mol. The molecular formula is C27H23N3O. The van der Waals surface area contributed by atoms with Gasteiger partial charge in [0.1, 0.15) is 5.66 Å². The predicted molar refractivity (Wildman–Crippen MR) is 125 cm³/mol. The molecule has 4 aromatic rings. The number of hydrogen-bond donors (Lipinski definition) is 2. The van der Waals surface area contributed by atoms with Gasteiger partial charge in [-0.25, -0.2) is 0 Å². The topological polar surface area (TPSA) is 44.4 Å². The number of nitrogens with one attached hydrogen (secondary N) is 2.